The van der Waals surface area contributed by atoms with E-state index in [1.165, 1.54) is 0 Å². The summed E-state index contributed by atoms with van der Waals surface area (Å²) in [7, 11) is 0. The van der Waals surface area contributed by atoms with E-state index in [2.05, 4.69) is 5.32 Å². The van der Waals surface area contributed by atoms with E-state index in [9.17, 15) is 4.79 Å². The summed E-state index contributed by atoms with van der Waals surface area (Å²) in [5, 5.41) is 4.34. The summed E-state index contributed by atoms with van der Waals surface area (Å²) in [6, 6.07) is 12.3. The van der Waals surface area contributed by atoms with Gasteiger partial charge in [0.2, 0.25) is 0 Å². The van der Waals surface area contributed by atoms with Crippen LogP contribution in [0.1, 0.15) is 10.4 Å². The number of hydrogen-bond donors (Lipinski definition) is 1. The van der Waals surface area contributed by atoms with E-state index in [1.54, 1.807) is 30.3 Å². The van der Waals surface area contributed by atoms with Gasteiger partial charge in [0.15, 0.2) is 0 Å². The van der Waals surface area contributed by atoms with Gasteiger partial charge < -0.3 is 15.0 Å². The van der Waals surface area contributed by atoms with Gasteiger partial charge in [0.05, 0.1) is 10.6 Å². The number of para-hydroxylation sites is 1. The van der Waals surface area contributed by atoms with Crippen LogP contribution in [0.2, 0.25) is 10.0 Å². The first-order chi connectivity index (χ1) is 12.1. The van der Waals surface area contributed by atoms with E-state index < -0.39 is 0 Å². The molecule has 2 aromatic carbocycles. The average molecular weight is 377 g/mol. The zero-order valence-corrected chi connectivity index (χ0v) is 15.1. The highest BCUT2D eigenvalue weighted by atomic mass is 35.5. The van der Waals surface area contributed by atoms with Crippen molar-refractivity contribution < 1.29 is 9.53 Å². The van der Waals surface area contributed by atoms with Crippen LogP contribution < -0.4 is 10.1 Å². The molecule has 0 radical (unpaired) electrons. The van der Waals surface area contributed by atoms with Crippen molar-refractivity contribution in [2.75, 3.05) is 26.2 Å². The fraction of sp³-hybridized carbons (Fsp3) is 0.316. The largest absolute Gasteiger partial charge is 0.455 e. The molecule has 0 spiro atoms. The van der Waals surface area contributed by atoms with E-state index in [0.717, 1.165) is 26.2 Å². The van der Waals surface area contributed by atoms with E-state index in [0.29, 0.717) is 38.9 Å². The topological polar surface area (TPSA) is 41.6 Å². The lowest BCUT2D eigenvalue weighted by Crippen LogP contribution is -2.32. The molecule has 2 fully saturated rings. The van der Waals surface area contributed by atoms with Crippen LogP contribution in [0.15, 0.2) is 42.5 Å². The number of benzene rings is 2. The van der Waals surface area contributed by atoms with Crippen molar-refractivity contribution in [3.8, 4) is 11.5 Å². The number of hydrogen-bond acceptors (Lipinski definition) is 3. The minimum atomic E-state index is 0.00934. The number of nitrogens with zero attached hydrogens (tertiary/aromatic N) is 1. The van der Waals surface area contributed by atoms with Gasteiger partial charge in [0, 0.05) is 31.2 Å². The van der Waals surface area contributed by atoms with Gasteiger partial charge in [-0.15, -0.1) is 0 Å². The minimum Gasteiger partial charge on any atom is -0.455 e. The molecular weight excluding hydrogens is 359 g/mol. The molecule has 2 aliphatic rings. The van der Waals surface area contributed by atoms with Gasteiger partial charge in [0.25, 0.3) is 5.91 Å². The second kappa shape index (κ2) is 6.87. The Hall–Kier alpha value is -1.75. The highest BCUT2D eigenvalue weighted by Gasteiger charge is 2.38. The molecule has 2 aliphatic heterocycles. The number of amides is 1. The van der Waals surface area contributed by atoms with Gasteiger partial charge in [-0.05, 0) is 42.2 Å². The minimum absolute atomic E-state index is 0.00934. The Morgan fingerprint density at radius 1 is 1.04 bits per heavy atom. The van der Waals surface area contributed by atoms with Crippen LogP contribution >= 0.6 is 23.2 Å². The number of carbonyl (C=O) groups excluding carboxylic acids is 1. The van der Waals surface area contributed by atoms with Crippen molar-refractivity contribution in [1.29, 1.82) is 0 Å². The molecule has 4 rings (SSSR count). The van der Waals surface area contributed by atoms with Crippen molar-refractivity contribution in [3.63, 3.8) is 0 Å². The predicted octanol–water partition coefficient (Wildman–Crippen LogP) is 4.08. The average Bonchev–Trinajstić information content (AvgIpc) is 3.19. The standard InChI is InChI=1S/C19H18Cl2N2O2/c20-14-5-6-18(16(21)7-14)25-17-4-2-1-3-15(17)19(24)23-10-12-8-22-9-13(12)11-23/h1-7,12-13,22H,8-11H2/t12-,13+. The summed E-state index contributed by atoms with van der Waals surface area (Å²) in [5.41, 5.74) is 0.557. The van der Waals surface area contributed by atoms with Crippen molar-refractivity contribution in [2.24, 2.45) is 11.8 Å². The fourth-order valence-corrected chi connectivity index (χ4v) is 4.05. The molecule has 4 nitrogen and oxygen atoms in total. The predicted molar refractivity (Wildman–Crippen MR) is 98.7 cm³/mol. The molecule has 0 unspecified atom stereocenters. The Kier molecular flexibility index (Phi) is 4.59. The second-order valence-electron chi connectivity index (χ2n) is 6.56. The van der Waals surface area contributed by atoms with Crippen LogP contribution in [0.3, 0.4) is 0 Å². The smallest absolute Gasteiger partial charge is 0.257 e. The van der Waals surface area contributed by atoms with Crippen molar-refractivity contribution in [3.05, 3.63) is 58.1 Å². The SMILES string of the molecule is O=C(c1ccccc1Oc1ccc(Cl)cc1Cl)N1C[C@H]2CNC[C@H]2C1. The Morgan fingerprint density at radius 3 is 2.48 bits per heavy atom. The summed E-state index contributed by atoms with van der Waals surface area (Å²) >= 11 is 12.1. The van der Waals surface area contributed by atoms with E-state index in [4.69, 9.17) is 27.9 Å². The molecule has 6 heteroatoms. The number of halogens is 2. The number of fused-ring (bicyclic) bond motifs is 1. The Labute approximate surface area is 156 Å². The zero-order valence-electron chi connectivity index (χ0n) is 13.5. The molecule has 0 aromatic heterocycles. The zero-order chi connectivity index (χ0) is 17.4. The maximum Gasteiger partial charge on any atom is 0.257 e. The Morgan fingerprint density at radius 2 is 1.76 bits per heavy atom. The first-order valence-electron chi connectivity index (χ1n) is 8.34. The molecule has 1 N–H and O–H groups in total. The van der Waals surface area contributed by atoms with Crippen LogP contribution in [0.25, 0.3) is 0 Å². The maximum atomic E-state index is 13.0. The van der Waals surface area contributed by atoms with Gasteiger partial charge in [0.1, 0.15) is 11.5 Å². The van der Waals surface area contributed by atoms with Gasteiger partial charge in [-0.1, -0.05) is 35.3 Å². The first-order valence-corrected chi connectivity index (χ1v) is 9.09. The van der Waals surface area contributed by atoms with Gasteiger partial charge in [-0.2, -0.15) is 0 Å². The third kappa shape index (κ3) is 3.34. The monoisotopic (exact) mass is 376 g/mol. The summed E-state index contributed by atoms with van der Waals surface area (Å²) in [6.45, 7) is 3.58. The molecule has 2 atom stereocenters. The lowest BCUT2D eigenvalue weighted by atomic mass is 10.0. The van der Waals surface area contributed by atoms with E-state index in [1.807, 2.05) is 17.0 Å². The number of carbonyl (C=O) groups is 1. The normalized spacial score (nSPS) is 22.1. The Balaban J connectivity index is 1.57. The third-order valence-electron chi connectivity index (χ3n) is 4.91. The molecule has 0 bridgehead atoms. The fourth-order valence-electron chi connectivity index (χ4n) is 3.60. The molecule has 25 heavy (non-hydrogen) atoms. The highest BCUT2D eigenvalue weighted by molar-refractivity contribution is 6.35. The van der Waals surface area contributed by atoms with Crippen LogP contribution in [0.4, 0.5) is 0 Å². The van der Waals surface area contributed by atoms with Crippen molar-refractivity contribution >= 4 is 29.1 Å². The van der Waals surface area contributed by atoms with E-state index >= 15 is 0 Å². The Bertz CT molecular complexity index is 800. The summed E-state index contributed by atoms with van der Waals surface area (Å²) in [4.78, 5) is 14.9. The molecule has 130 valence electrons. The van der Waals surface area contributed by atoms with Crippen LogP contribution in [-0.2, 0) is 0 Å². The van der Waals surface area contributed by atoms with Gasteiger partial charge in [-0.25, -0.2) is 0 Å². The van der Waals surface area contributed by atoms with Gasteiger partial charge in [-0.3, -0.25) is 4.79 Å². The van der Waals surface area contributed by atoms with E-state index in [-0.39, 0.29) is 5.91 Å². The van der Waals surface area contributed by atoms with Crippen LogP contribution in [0, 0.1) is 11.8 Å². The number of rotatable bonds is 3. The van der Waals surface area contributed by atoms with Crippen LogP contribution in [-0.4, -0.2) is 37.0 Å². The molecule has 0 aliphatic carbocycles. The van der Waals surface area contributed by atoms with Crippen LogP contribution in [0.5, 0.6) is 11.5 Å². The summed E-state index contributed by atoms with van der Waals surface area (Å²) in [5.74, 6) is 2.11. The quantitative estimate of drug-likeness (QED) is 0.877. The third-order valence-corrected chi connectivity index (χ3v) is 5.44. The summed E-state index contributed by atoms with van der Waals surface area (Å²) < 4.78 is 5.92. The van der Waals surface area contributed by atoms with Crippen molar-refractivity contribution in [1.82, 2.24) is 10.2 Å². The van der Waals surface area contributed by atoms with Gasteiger partial charge >= 0.3 is 0 Å². The number of ether oxygens (including phenoxy) is 1. The first kappa shape index (κ1) is 16.7. The maximum absolute atomic E-state index is 13.0. The summed E-state index contributed by atoms with van der Waals surface area (Å²) in [6.07, 6.45) is 0. The second-order valence-corrected chi connectivity index (χ2v) is 7.41. The molecule has 2 aromatic rings. The lowest BCUT2D eigenvalue weighted by Gasteiger charge is -2.19. The number of nitrogens with one attached hydrogen (secondary N) is 1. The van der Waals surface area contributed by atoms with Crippen molar-refractivity contribution in [2.45, 2.75) is 0 Å². The lowest BCUT2D eigenvalue weighted by molar-refractivity contribution is 0.0779. The molecule has 2 heterocycles. The molecular formula is C19H18Cl2N2O2. The molecule has 2 saturated heterocycles. The molecule has 0 saturated carbocycles. The number of likely N-dealkylation sites (tertiary alicyclic amines) is 1. The highest BCUT2D eigenvalue weighted by Crippen LogP contribution is 2.34. The molecule has 1 amide bonds.